The number of ether oxygens (including phenoxy) is 2. The van der Waals surface area contributed by atoms with Crippen molar-refractivity contribution in [1.29, 1.82) is 0 Å². The average Bonchev–Trinajstić information content (AvgIpc) is 2.46. The van der Waals surface area contributed by atoms with Crippen molar-refractivity contribution in [2.24, 2.45) is 0 Å². The fourth-order valence-corrected chi connectivity index (χ4v) is 2.72. The van der Waals surface area contributed by atoms with Crippen molar-refractivity contribution in [2.45, 2.75) is 6.10 Å². The number of aliphatic hydroxyl groups is 1. The van der Waals surface area contributed by atoms with Crippen LogP contribution in [0.1, 0.15) is 17.2 Å². The van der Waals surface area contributed by atoms with Gasteiger partial charge in [0.25, 0.3) is 0 Å². The molecule has 2 rings (SSSR count). The highest BCUT2D eigenvalue weighted by molar-refractivity contribution is 14.1. The van der Waals surface area contributed by atoms with E-state index < -0.39 is 6.10 Å². The highest BCUT2D eigenvalue weighted by atomic mass is 127. The summed E-state index contributed by atoms with van der Waals surface area (Å²) in [5, 5.41) is 10.5. The van der Waals surface area contributed by atoms with Crippen LogP contribution in [0.3, 0.4) is 0 Å². The SMILES string of the molecule is COc1ccc(OC)c(C(O)c2ccc(F)cc2I)c1. The van der Waals surface area contributed by atoms with E-state index in [9.17, 15) is 9.50 Å². The van der Waals surface area contributed by atoms with Crippen molar-refractivity contribution in [3.05, 3.63) is 56.9 Å². The Hall–Kier alpha value is -1.34. The molecule has 0 fully saturated rings. The summed E-state index contributed by atoms with van der Waals surface area (Å²) >= 11 is 2.00. The van der Waals surface area contributed by atoms with Crippen molar-refractivity contribution >= 4 is 22.6 Å². The number of aliphatic hydroxyl groups excluding tert-OH is 1. The summed E-state index contributed by atoms with van der Waals surface area (Å²) in [7, 11) is 3.09. The maximum absolute atomic E-state index is 13.1. The van der Waals surface area contributed by atoms with Gasteiger partial charge in [0, 0.05) is 9.13 Å². The molecule has 0 heterocycles. The van der Waals surface area contributed by atoms with Gasteiger partial charge in [0.15, 0.2) is 0 Å². The molecule has 2 aromatic carbocycles. The summed E-state index contributed by atoms with van der Waals surface area (Å²) in [6.07, 6.45) is -0.910. The van der Waals surface area contributed by atoms with Crippen LogP contribution in [0.4, 0.5) is 4.39 Å². The molecule has 0 aliphatic carbocycles. The van der Waals surface area contributed by atoms with E-state index in [2.05, 4.69) is 0 Å². The standard InChI is InChI=1S/C15H14FIO3/c1-19-10-4-6-14(20-2)12(8-10)15(18)11-5-3-9(16)7-13(11)17/h3-8,15,18H,1-2H3. The molecular weight excluding hydrogens is 374 g/mol. The van der Waals surface area contributed by atoms with Crippen LogP contribution in [0.15, 0.2) is 36.4 Å². The number of benzene rings is 2. The molecule has 2 aromatic rings. The second-order valence-corrected chi connectivity index (χ2v) is 5.34. The Bertz CT molecular complexity index is 616. The molecule has 0 aliphatic heterocycles. The molecule has 0 aliphatic rings. The highest BCUT2D eigenvalue weighted by Gasteiger charge is 2.19. The van der Waals surface area contributed by atoms with Gasteiger partial charge in [-0.25, -0.2) is 4.39 Å². The van der Waals surface area contributed by atoms with Crippen LogP contribution < -0.4 is 9.47 Å². The highest BCUT2D eigenvalue weighted by Crippen LogP contribution is 2.34. The van der Waals surface area contributed by atoms with E-state index in [-0.39, 0.29) is 5.82 Å². The Labute approximate surface area is 130 Å². The minimum absolute atomic E-state index is 0.331. The fourth-order valence-electron chi connectivity index (χ4n) is 1.94. The van der Waals surface area contributed by atoms with E-state index in [1.165, 1.54) is 19.2 Å². The maximum Gasteiger partial charge on any atom is 0.125 e. The molecular formula is C15H14FIO3. The molecule has 0 saturated carbocycles. The summed E-state index contributed by atoms with van der Waals surface area (Å²) in [4.78, 5) is 0. The molecule has 0 aromatic heterocycles. The number of hydrogen-bond acceptors (Lipinski definition) is 3. The fraction of sp³-hybridized carbons (Fsp3) is 0.200. The largest absolute Gasteiger partial charge is 0.497 e. The maximum atomic E-state index is 13.1. The first kappa shape index (κ1) is 15.1. The van der Waals surface area contributed by atoms with Gasteiger partial charge in [-0.2, -0.15) is 0 Å². The van der Waals surface area contributed by atoms with Crippen LogP contribution in [0.25, 0.3) is 0 Å². The normalized spacial score (nSPS) is 12.1. The Balaban J connectivity index is 2.48. The van der Waals surface area contributed by atoms with Crippen molar-refractivity contribution in [2.75, 3.05) is 14.2 Å². The van der Waals surface area contributed by atoms with E-state index in [4.69, 9.17) is 9.47 Å². The van der Waals surface area contributed by atoms with E-state index in [1.807, 2.05) is 22.6 Å². The molecule has 20 heavy (non-hydrogen) atoms. The lowest BCUT2D eigenvalue weighted by Crippen LogP contribution is -2.05. The first-order chi connectivity index (χ1) is 9.56. The first-order valence-corrected chi connectivity index (χ1v) is 6.99. The van der Waals surface area contributed by atoms with Gasteiger partial charge in [0.05, 0.1) is 14.2 Å². The molecule has 1 atom stereocenters. The summed E-state index contributed by atoms with van der Waals surface area (Å²) in [5.74, 6) is 0.846. The number of halogens is 2. The Morgan fingerprint density at radius 1 is 1.05 bits per heavy atom. The molecule has 0 amide bonds. The number of methoxy groups -OCH3 is 2. The predicted molar refractivity (Wildman–Crippen MR) is 82.7 cm³/mol. The van der Waals surface area contributed by atoms with E-state index >= 15 is 0 Å². The Morgan fingerprint density at radius 2 is 1.80 bits per heavy atom. The number of hydrogen-bond donors (Lipinski definition) is 1. The van der Waals surface area contributed by atoms with Crippen LogP contribution in [0, 0.1) is 9.39 Å². The van der Waals surface area contributed by atoms with Gasteiger partial charge in [-0.1, -0.05) is 6.07 Å². The number of rotatable bonds is 4. The van der Waals surface area contributed by atoms with E-state index in [0.717, 1.165) is 0 Å². The summed E-state index contributed by atoms with van der Waals surface area (Å²) in [6, 6.07) is 9.47. The molecule has 0 spiro atoms. The molecule has 1 N–H and O–H groups in total. The third kappa shape index (κ3) is 3.04. The van der Waals surface area contributed by atoms with Crippen molar-refractivity contribution in [1.82, 2.24) is 0 Å². The molecule has 1 unspecified atom stereocenters. The molecule has 3 nitrogen and oxygen atoms in total. The van der Waals surface area contributed by atoms with Crippen molar-refractivity contribution in [3.8, 4) is 11.5 Å². The molecule has 0 bridgehead atoms. The smallest absolute Gasteiger partial charge is 0.125 e. The molecule has 106 valence electrons. The van der Waals surface area contributed by atoms with Crippen LogP contribution >= 0.6 is 22.6 Å². The third-order valence-corrected chi connectivity index (χ3v) is 3.92. The van der Waals surface area contributed by atoms with Crippen LogP contribution in [0.5, 0.6) is 11.5 Å². The van der Waals surface area contributed by atoms with Gasteiger partial charge < -0.3 is 14.6 Å². The lowest BCUT2D eigenvalue weighted by Gasteiger charge is -2.17. The quantitative estimate of drug-likeness (QED) is 0.815. The van der Waals surface area contributed by atoms with Crippen LogP contribution in [-0.2, 0) is 0 Å². The average molecular weight is 388 g/mol. The second-order valence-electron chi connectivity index (χ2n) is 4.18. The van der Waals surface area contributed by atoms with Crippen LogP contribution in [0.2, 0.25) is 0 Å². The predicted octanol–water partition coefficient (Wildman–Crippen LogP) is 3.53. The summed E-state index contributed by atoms with van der Waals surface area (Å²) < 4.78 is 24.2. The van der Waals surface area contributed by atoms with Gasteiger partial charge in [0.2, 0.25) is 0 Å². The lowest BCUT2D eigenvalue weighted by atomic mass is 10.0. The molecule has 0 saturated heterocycles. The summed E-state index contributed by atoms with van der Waals surface area (Å²) in [6.45, 7) is 0. The molecule has 0 radical (unpaired) electrons. The second kappa shape index (κ2) is 6.41. The summed E-state index contributed by atoms with van der Waals surface area (Å²) in [5.41, 5.74) is 1.20. The van der Waals surface area contributed by atoms with Gasteiger partial charge in [0.1, 0.15) is 23.4 Å². The van der Waals surface area contributed by atoms with E-state index in [1.54, 1.807) is 31.4 Å². The zero-order valence-corrected chi connectivity index (χ0v) is 13.2. The van der Waals surface area contributed by atoms with Crippen molar-refractivity contribution in [3.63, 3.8) is 0 Å². The van der Waals surface area contributed by atoms with Gasteiger partial charge in [-0.3, -0.25) is 0 Å². The van der Waals surface area contributed by atoms with Gasteiger partial charge >= 0.3 is 0 Å². The Kier molecular flexibility index (Phi) is 4.82. The van der Waals surface area contributed by atoms with Gasteiger partial charge in [-0.15, -0.1) is 0 Å². The molecule has 5 heteroatoms. The zero-order valence-electron chi connectivity index (χ0n) is 11.1. The first-order valence-electron chi connectivity index (χ1n) is 5.91. The monoisotopic (exact) mass is 388 g/mol. The van der Waals surface area contributed by atoms with E-state index in [0.29, 0.717) is 26.2 Å². The van der Waals surface area contributed by atoms with Crippen LogP contribution in [-0.4, -0.2) is 19.3 Å². The third-order valence-electron chi connectivity index (χ3n) is 2.99. The van der Waals surface area contributed by atoms with Crippen molar-refractivity contribution < 1.29 is 19.0 Å². The zero-order chi connectivity index (χ0) is 14.7. The minimum atomic E-state index is -0.910. The van der Waals surface area contributed by atoms with Gasteiger partial charge in [-0.05, 0) is 58.5 Å². The topological polar surface area (TPSA) is 38.7 Å². The minimum Gasteiger partial charge on any atom is -0.497 e. The lowest BCUT2D eigenvalue weighted by molar-refractivity contribution is 0.213. The Morgan fingerprint density at radius 3 is 2.40 bits per heavy atom.